The number of thioether (sulfide) groups is 1. The number of hydrogen-bond donors (Lipinski definition) is 0. The van der Waals surface area contributed by atoms with Crippen LogP contribution in [0.3, 0.4) is 0 Å². The fourth-order valence-corrected chi connectivity index (χ4v) is 7.40. The first-order valence-corrected chi connectivity index (χ1v) is 14.6. The van der Waals surface area contributed by atoms with Crippen molar-refractivity contribution in [3.63, 3.8) is 0 Å². The Kier molecular flexibility index (Phi) is 6.76. The second kappa shape index (κ2) is 9.84. The molecule has 0 saturated carbocycles. The van der Waals surface area contributed by atoms with Crippen LogP contribution in [0.4, 0.5) is 0 Å². The third-order valence-corrected chi connectivity index (χ3v) is 9.03. The van der Waals surface area contributed by atoms with Gasteiger partial charge < -0.3 is 4.74 Å². The number of nitrogens with zero attached hydrogens (tertiary/aromatic N) is 3. The summed E-state index contributed by atoms with van der Waals surface area (Å²) in [6, 6.07) is 17.0. The highest BCUT2D eigenvalue weighted by Crippen LogP contribution is 2.38. The standard InChI is InChI=1S/C26H25N3O4S3/c1-17(2)33-22-10-8-18(9-11-22)24-19(15-28(27-24)20-6-4-3-5-7-20)14-23-25(30)29(26(34)35-23)21-12-13-36(31,32)16-21/h3-11,14-15,17,21H,12-13,16H2,1-2H3/b23-14+/t21-/m1/s1. The number of aromatic nitrogens is 2. The normalized spacial score (nSPS) is 20.6. The van der Waals surface area contributed by atoms with Crippen molar-refractivity contribution in [3.05, 3.63) is 71.3 Å². The van der Waals surface area contributed by atoms with E-state index >= 15 is 0 Å². The lowest BCUT2D eigenvalue weighted by atomic mass is 10.1. The quantitative estimate of drug-likeness (QED) is 0.331. The Morgan fingerprint density at radius 3 is 2.50 bits per heavy atom. The Hall–Kier alpha value is -2.95. The number of carbonyl (C=O) groups excluding carboxylic acids is 1. The molecule has 1 amide bonds. The van der Waals surface area contributed by atoms with E-state index in [2.05, 4.69) is 0 Å². The summed E-state index contributed by atoms with van der Waals surface area (Å²) in [6.45, 7) is 3.95. The van der Waals surface area contributed by atoms with Crippen molar-refractivity contribution >= 4 is 50.1 Å². The molecule has 2 fully saturated rings. The molecule has 1 atom stereocenters. The van der Waals surface area contributed by atoms with Crippen LogP contribution in [0.1, 0.15) is 25.8 Å². The van der Waals surface area contributed by atoms with Gasteiger partial charge in [0.1, 0.15) is 10.1 Å². The lowest BCUT2D eigenvalue weighted by Crippen LogP contribution is -2.39. The number of ether oxygens (including phenoxy) is 1. The van der Waals surface area contributed by atoms with Gasteiger partial charge in [0.05, 0.1) is 39.9 Å². The summed E-state index contributed by atoms with van der Waals surface area (Å²) in [5.74, 6) is 0.545. The molecule has 0 unspecified atom stereocenters. The molecule has 0 N–H and O–H groups in total. The van der Waals surface area contributed by atoms with Gasteiger partial charge in [0.15, 0.2) is 9.84 Å². The SMILES string of the molecule is CC(C)Oc1ccc(-c2nn(-c3ccccc3)cc2/C=C2/SC(=S)N([C@@H]3CCS(=O)(=O)C3)C2=O)cc1. The molecule has 186 valence electrons. The summed E-state index contributed by atoms with van der Waals surface area (Å²) < 4.78 is 31.9. The minimum Gasteiger partial charge on any atom is -0.491 e. The average molecular weight is 540 g/mol. The van der Waals surface area contributed by atoms with E-state index in [0.717, 1.165) is 22.6 Å². The van der Waals surface area contributed by atoms with Gasteiger partial charge in [-0.05, 0) is 62.7 Å². The highest BCUT2D eigenvalue weighted by Gasteiger charge is 2.42. The molecule has 3 heterocycles. The summed E-state index contributed by atoms with van der Waals surface area (Å²) in [4.78, 5) is 15.2. The van der Waals surface area contributed by atoms with Gasteiger partial charge in [0.25, 0.3) is 5.91 Å². The van der Waals surface area contributed by atoms with E-state index in [1.807, 2.05) is 74.6 Å². The van der Waals surface area contributed by atoms with E-state index in [9.17, 15) is 13.2 Å². The van der Waals surface area contributed by atoms with E-state index in [-0.39, 0.29) is 23.5 Å². The molecule has 0 aliphatic carbocycles. The lowest BCUT2D eigenvalue weighted by Gasteiger charge is -2.20. The van der Waals surface area contributed by atoms with Crippen LogP contribution in [-0.4, -0.2) is 57.0 Å². The van der Waals surface area contributed by atoms with Crippen molar-refractivity contribution in [2.24, 2.45) is 0 Å². The van der Waals surface area contributed by atoms with Crippen LogP contribution in [-0.2, 0) is 14.6 Å². The van der Waals surface area contributed by atoms with Crippen molar-refractivity contribution in [2.75, 3.05) is 11.5 Å². The maximum Gasteiger partial charge on any atom is 0.266 e. The Morgan fingerprint density at radius 1 is 1.14 bits per heavy atom. The highest BCUT2D eigenvalue weighted by atomic mass is 32.2. The van der Waals surface area contributed by atoms with Crippen LogP contribution in [0.15, 0.2) is 65.7 Å². The highest BCUT2D eigenvalue weighted by molar-refractivity contribution is 8.26. The van der Waals surface area contributed by atoms with Gasteiger partial charge >= 0.3 is 0 Å². The number of amides is 1. The third-order valence-electron chi connectivity index (χ3n) is 5.95. The van der Waals surface area contributed by atoms with Crippen molar-refractivity contribution in [2.45, 2.75) is 32.4 Å². The van der Waals surface area contributed by atoms with Crippen LogP contribution in [0.25, 0.3) is 23.0 Å². The minimum atomic E-state index is -3.14. The maximum atomic E-state index is 13.3. The predicted octanol–water partition coefficient (Wildman–Crippen LogP) is 4.71. The Morgan fingerprint density at radius 2 is 1.86 bits per heavy atom. The van der Waals surface area contributed by atoms with E-state index in [1.54, 1.807) is 10.8 Å². The molecule has 2 aromatic carbocycles. The van der Waals surface area contributed by atoms with Crippen LogP contribution >= 0.6 is 24.0 Å². The Labute approximate surface area is 220 Å². The first kappa shape index (κ1) is 24.7. The first-order chi connectivity index (χ1) is 17.2. The molecule has 2 aliphatic heterocycles. The predicted molar refractivity (Wildman–Crippen MR) is 147 cm³/mol. The number of carbonyl (C=O) groups is 1. The molecule has 10 heteroatoms. The van der Waals surface area contributed by atoms with Crippen molar-refractivity contribution in [1.82, 2.24) is 14.7 Å². The molecular formula is C26H25N3O4S3. The summed E-state index contributed by atoms with van der Waals surface area (Å²) >= 11 is 6.68. The molecule has 3 aromatic rings. The number of benzene rings is 2. The summed E-state index contributed by atoms with van der Waals surface area (Å²) in [5, 5.41) is 4.83. The van der Waals surface area contributed by atoms with Crippen LogP contribution in [0.5, 0.6) is 5.75 Å². The van der Waals surface area contributed by atoms with Gasteiger partial charge in [-0.2, -0.15) is 5.10 Å². The van der Waals surface area contributed by atoms with Gasteiger partial charge in [-0.3, -0.25) is 9.69 Å². The zero-order valence-corrected chi connectivity index (χ0v) is 22.3. The Bertz CT molecular complexity index is 1450. The molecule has 36 heavy (non-hydrogen) atoms. The number of hydrogen-bond acceptors (Lipinski definition) is 7. The molecule has 0 bridgehead atoms. The van der Waals surface area contributed by atoms with E-state index in [4.69, 9.17) is 22.1 Å². The maximum absolute atomic E-state index is 13.3. The number of rotatable bonds is 6. The monoisotopic (exact) mass is 539 g/mol. The Balaban J connectivity index is 1.52. The lowest BCUT2D eigenvalue weighted by molar-refractivity contribution is -0.123. The van der Waals surface area contributed by atoms with E-state index in [1.165, 1.54) is 16.7 Å². The number of para-hydroxylation sites is 1. The zero-order valence-electron chi connectivity index (χ0n) is 19.8. The first-order valence-electron chi connectivity index (χ1n) is 11.6. The minimum absolute atomic E-state index is 0.0469. The van der Waals surface area contributed by atoms with Crippen LogP contribution in [0.2, 0.25) is 0 Å². The average Bonchev–Trinajstić information content (AvgIpc) is 3.50. The van der Waals surface area contributed by atoms with Crippen molar-refractivity contribution < 1.29 is 17.9 Å². The van der Waals surface area contributed by atoms with Crippen molar-refractivity contribution in [3.8, 4) is 22.7 Å². The number of sulfone groups is 1. The smallest absolute Gasteiger partial charge is 0.266 e. The summed E-state index contributed by atoms with van der Waals surface area (Å²) in [7, 11) is -3.14. The van der Waals surface area contributed by atoms with Gasteiger partial charge in [0, 0.05) is 17.3 Å². The number of thiocarbonyl (C=S) groups is 1. The van der Waals surface area contributed by atoms with Crippen LogP contribution in [0, 0.1) is 0 Å². The molecule has 1 aromatic heterocycles. The molecule has 0 spiro atoms. The molecular weight excluding hydrogens is 515 g/mol. The fourth-order valence-electron chi connectivity index (χ4n) is 4.31. The van der Waals surface area contributed by atoms with Gasteiger partial charge in [-0.1, -0.05) is 42.2 Å². The molecule has 2 saturated heterocycles. The largest absolute Gasteiger partial charge is 0.491 e. The van der Waals surface area contributed by atoms with Gasteiger partial charge in [-0.15, -0.1) is 0 Å². The van der Waals surface area contributed by atoms with Crippen LogP contribution < -0.4 is 4.74 Å². The second-order valence-corrected chi connectivity index (χ2v) is 12.9. The fraction of sp³-hybridized carbons (Fsp3) is 0.269. The zero-order chi connectivity index (χ0) is 25.4. The molecule has 5 rings (SSSR count). The van der Waals surface area contributed by atoms with Gasteiger partial charge in [0.2, 0.25) is 0 Å². The molecule has 7 nitrogen and oxygen atoms in total. The topological polar surface area (TPSA) is 81.5 Å². The van der Waals surface area contributed by atoms with Gasteiger partial charge in [-0.25, -0.2) is 13.1 Å². The van der Waals surface area contributed by atoms with Crippen molar-refractivity contribution in [1.29, 1.82) is 0 Å². The summed E-state index contributed by atoms with van der Waals surface area (Å²) in [5.41, 5.74) is 3.24. The van der Waals surface area contributed by atoms with E-state index < -0.39 is 15.9 Å². The second-order valence-electron chi connectivity index (χ2n) is 9.01. The van der Waals surface area contributed by atoms with E-state index in [0.29, 0.717) is 21.3 Å². The third kappa shape index (κ3) is 5.11. The summed E-state index contributed by atoms with van der Waals surface area (Å²) in [6.07, 6.45) is 4.16. The molecule has 0 radical (unpaired) electrons. The molecule has 2 aliphatic rings.